The first-order valence-corrected chi connectivity index (χ1v) is 6.17. The molecule has 1 rings (SSSR count). The van der Waals surface area contributed by atoms with Gasteiger partial charge >= 0.3 is 0 Å². The molecule has 0 bridgehead atoms. The molecule has 2 amide bonds. The summed E-state index contributed by atoms with van der Waals surface area (Å²) in [4.78, 5) is 22.7. The van der Waals surface area contributed by atoms with Crippen molar-refractivity contribution in [1.29, 1.82) is 0 Å². The number of anilines is 1. The molecule has 1 aromatic rings. The molecule has 0 aliphatic rings. The Morgan fingerprint density at radius 3 is 2.61 bits per heavy atom. The summed E-state index contributed by atoms with van der Waals surface area (Å²) >= 11 is 5.82. The Hall–Kier alpha value is -1.55. The quantitative estimate of drug-likeness (QED) is 0.862. The van der Waals surface area contributed by atoms with Crippen LogP contribution < -0.4 is 11.1 Å². The second kappa shape index (κ2) is 6.40. The van der Waals surface area contributed by atoms with Gasteiger partial charge in [0.1, 0.15) is 0 Å². The number of primary amides is 1. The minimum Gasteiger partial charge on any atom is -0.366 e. The molecule has 0 unspecified atom stereocenters. The van der Waals surface area contributed by atoms with E-state index in [-0.39, 0.29) is 16.5 Å². The van der Waals surface area contributed by atoms with Crippen molar-refractivity contribution in [3.63, 3.8) is 0 Å². The van der Waals surface area contributed by atoms with E-state index in [1.165, 1.54) is 6.07 Å². The van der Waals surface area contributed by atoms with Crippen LogP contribution in [0.25, 0.3) is 0 Å². The fourth-order valence-electron chi connectivity index (χ4n) is 1.44. The number of halogens is 1. The van der Waals surface area contributed by atoms with E-state index in [1.54, 1.807) is 12.1 Å². The van der Waals surface area contributed by atoms with Gasteiger partial charge in [0.25, 0.3) is 0 Å². The Kier molecular flexibility index (Phi) is 5.16. The summed E-state index contributed by atoms with van der Waals surface area (Å²) in [5.41, 5.74) is 5.91. The summed E-state index contributed by atoms with van der Waals surface area (Å²) in [5, 5.41) is 2.99. The second-order valence-electron chi connectivity index (χ2n) is 4.54. The number of hydrogen-bond acceptors (Lipinski definition) is 2. The zero-order valence-corrected chi connectivity index (χ0v) is 11.3. The Labute approximate surface area is 112 Å². The highest BCUT2D eigenvalue weighted by Crippen LogP contribution is 2.20. The average molecular weight is 269 g/mol. The lowest BCUT2D eigenvalue weighted by Crippen LogP contribution is -2.15. The fraction of sp³-hybridized carbons (Fsp3) is 0.385. The molecule has 0 saturated carbocycles. The molecule has 0 atom stereocenters. The number of carbonyl (C=O) groups excluding carboxylic acids is 2. The van der Waals surface area contributed by atoms with Crippen LogP contribution in [0.1, 0.15) is 37.0 Å². The van der Waals surface area contributed by atoms with E-state index in [0.717, 1.165) is 6.42 Å². The van der Waals surface area contributed by atoms with Crippen molar-refractivity contribution in [1.82, 2.24) is 0 Å². The first-order valence-electron chi connectivity index (χ1n) is 5.79. The fourth-order valence-corrected chi connectivity index (χ4v) is 1.65. The molecule has 0 fully saturated rings. The molecule has 5 heteroatoms. The summed E-state index contributed by atoms with van der Waals surface area (Å²) in [7, 11) is 0. The van der Waals surface area contributed by atoms with Crippen LogP contribution >= 0.6 is 11.6 Å². The highest BCUT2D eigenvalue weighted by atomic mass is 35.5. The van der Waals surface area contributed by atoms with Crippen LogP contribution in [-0.4, -0.2) is 11.8 Å². The highest BCUT2D eigenvalue weighted by molar-refractivity contribution is 6.33. The van der Waals surface area contributed by atoms with E-state index in [2.05, 4.69) is 19.2 Å². The van der Waals surface area contributed by atoms with Gasteiger partial charge in [-0.1, -0.05) is 25.4 Å². The molecule has 0 aliphatic carbocycles. The minimum atomic E-state index is -0.613. The Morgan fingerprint density at radius 1 is 1.39 bits per heavy atom. The molecule has 0 aliphatic heterocycles. The van der Waals surface area contributed by atoms with Gasteiger partial charge in [-0.15, -0.1) is 0 Å². The maximum atomic E-state index is 11.6. The maximum Gasteiger partial charge on any atom is 0.250 e. The van der Waals surface area contributed by atoms with Gasteiger partial charge in [0.05, 0.1) is 10.6 Å². The highest BCUT2D eigenvalue weighted by Gasteiger charge is 2.09. The van der Waals surface area contributed by atoms with Gasteiger partial charge in [0.2, 0.25) is 11.8 Å². The van der Waals surface area contributed by atoms with Gasteiger partial charge in [0.15, 0.2) is 0 Å². The monoisotopic (exact) mass is 268 g/mol. The lowest BCUT2D eigenvalue weighted by Gasteiger charge is -2.08. The van der Waals surface area contributed by atoms with E-state index in [0.29, 0.717) is 18.0 Å². The van der Waals surface area contributed by atoms with E-state index >= 15 is 0 Å². The summed E-state index contributed by atoms with van der Waals surface area (Å²) in [5.74, 6) is -0.220. The Morgan fingerprint density at radius 2 is 2.06 bits per heavy atom. The molecular weight excluding hydrogens is 252 g/mol. The van der Waals surface area contributed by atoms with Crippen LogP contribution in [0.2, 0.25) is 5.02 Å². The molecule has 4 nitrogen and oxygen atoms in total. The number of rotatable bonds is 5. The maximum absolute atomic E-state index is 11.6. The largest absolute Gasteiger partial charge is 0.366 e. The topological polar surface area (TPSA) is 72.2 Å². The van der Waals surface area contributed by atoms with E-state index in [9.17, 15) is 9.59 Å². The predicted molar refractivity (Wildman–Crippen MR) is 72.7 cm³/mol. The third-order valence-corrected chi connectivity index (χ3v) is 2.79. The number of nitrogens with one attached hydrogen (secondary N) is 1. The normalized spacial score (nSPS) is 10.4. The van der Waals surface area contributed by atoms with Crippen molar-refractivity contribution in [3.8, 4) is 0 Å². The number of hydrogen-bond donors (Lipinski definition) is 2. The second-order valence-corrected chi connectivity index (χ2v) is 4.95. The molecule has 98 valence electrons. The van der Waals surface area contributed by atoms with Gasteiger partial charge in [-0.05, 0) is 30.5 Å². The Balaban J connectivity index is 2.70. The lowest BCUT2D eigenvalue weighted by molar-refractivity contribution is -0.116. The van der Waals surface area contributed by atoms with Crippen molar-refractivity contribution >= 4 is 29.1 Å². The summed E-state index contributed by atoms with van der Waals surface area (Å²) in [6.45, 7) is 4.11. The lowest BCUT2D eigenvalue weighted by atomic mass is 10.1. The third-order valence-electron chi connectivity index (χ3n) is 2.46. The van der Waals surface area contributed by atoms with Gasteiger partial charge in [-0.3, -0.25) is 9.59 Å². The van der Waals surface area contributed by atoms with Crippen molar-refractivity contribution in [2.75, 3.05) is 5.32 Å². The number of benzene rings is 1. The number of carbonyl (C=O) groups is 2. The molecule has 18 heavy (non-hydrogen) atoms. The minimum absolute atomic E-state index is 0.0820. The van der Waals surface area contributed by atoms with Crippen LogP contribution in [0.5, 0.6) is 0 Å². The van der Waals surface area contributed by atoms with Crippen LogP contribution in [0.15, 0.2) is 18.2 Å². The zero-order valence-electron chi connectivity index (χ0n) is 10.5. The number of nitrogens with two attached hydrogens (primary N) is 1. The van der Waals surface area contributed by atoms with Crippen molar-refractivity contribution in [3.05, 3.63) is 28.8 Å². The third kappa shape index (κ3) is 4.37. The first-order chi connectivity index (χ1) is 8.40. The first kappa shape index (κ1) is 14.5. The average Bonchev–Trinajstić information content (AvgIpc) is 2.28. The summed E-state index contributed by atoms with van der Waals surface area (Å²) < 4.78 is 0. The summed E-state index contributed by atoms with van der Waals surface area (Å²) in [6.07, 6.45) is 1.27. The smallest absolute Gasteiger partial charge is 0.250 e. The van der Waals surface area contributed by atoms with Crippen LogP contribution in [0.3, 0.4) is 0 Å². The Bertz CT molecular complexity index is 458. The van der Waals surface area contributed by atoms with Crippen molar-refractivity contribution in [2.24, 2.45) is 11.7 Å². The van der Waals surface area contributed by atoms with Crippen LogP contribution in [-0.2, 0) is 4.79 Å². The van der Waals surface area contributed by atoms with Crippen molar-refractivity contribution in [2.45, 2.75) is 26.7 Å². The molecular formula is C13H17ClN2O2. The predicted octanol–water partition coefficient (Wildman–Crippen LogP) is 2.81. The molecule has 0 radical (unpaired) electrons. The van der Waals surface area contributed by atoms with Gasteiger partial charge in [-0.25, -0.2) is 0 Å². The zero-order chi connectivity index (χ0) is 13.7. The molecule has 0 aromatic heterocycles. The number of amides is 2. The van der Waals surface area contributed by atoms with E-state index in [1.807, 2.05) is 0 Å². The van der Waals surface area contributed by atoms with Gasteiger partial charge in [0, 0.05) is 12.1 Å². The van der Waals surface area contributed by atoms with E-state index < -0.39 is 5.91 Å². The molecule has 0 spiro atoms. The standard InChI is InChI=1S/C13H17ClN2O2/c1-8(2)3-6-12(17)16-9-4-5-11(14)10(7-9)13(15)18/h4-5,7-8H,3,6H2,1-2H3,(H2,15,18)(H,16,17). The molecule has 0 heterocycles. The van der Waals surface area contributed by atoms with Gasteiger partial charge in [-0.2, -0.15) is 0 Å². The molecule has 3 N–H and O–H groups in total. The van der Waals surface area contributed by atoms with E-state index in [4.69, 9.17) is 17.3 Å². The molecule has 0 saturated heterocycles. The van der Waals surface area contributed by atoms with Crippen LogP contribution in [0.4, 0.5) is 5.69 Å². The SMILES string of the molecule is CC(C)CCC(=O)Nc1ccc(Cl)c(C(N)=O)c1. The van der Waals surface area contributed by atoms with Crippen LogP contribution in [0, 0.1) is 5.92 Å². The van der Waals surface area contributed by atoms with Crippen molar-refractivity contribution < 1.29 is 9.59 Å². The summed E-state index contributed by atoms with van der Waals surface area (Å²) in [6, 6.07) is 4.67. The molecule has 1 aromatic carbocycles. The van der Waals surface area contributed by atoms with Gasteiger partial charge < -0.3 is 11.1 Å².